The Morgan fingerprint density at radius 3 is 2.12 bits per heavy atom. The number of para-hydroxylation sites is 1. The first-order valence-corrected chi connectivity index (χ1v) is 5.99. The summed E-state index contributed by atoms with van der Waals surface area (Å²) in [5.74, 6) is 0. The molecule has 0 aliphatic carbocycles. The van der Waals surface area contributed by atoms with E-state index in [0.29, 0.717) is 0 Å². The van der Waals surface area contributed by atoms with Gasteiger partial charge in [-0.25, -0.2) is 8.42 Å². The average Bonchev–Trinajstić information content (AvgIpc) is 2.16. The Hall–Kier alpha value is -0.950. The molecule has 1 N–H and O–H groups in total. The molecule has 8 heteroatoms. The maximum absolute atomic E-state index is 12.1. The fraction of sp³-hybridized carbons (Fsp3) is 0.250. The van der Waals surface area contributed by atoms with E-state index >= 15 is 0 Å². The van der Waals surface area contributed by atoms with Crippen LogP contribution in [-0.2, 0) is 10.0 Å². The number of alkyl halides is 4. The minimum absolute atomic E-state index is 0.0254. The largest absolute Gasteiger partial charge is 0.420 e. The lowest BCUT2D eigenvalue weighted by Gasteiger charge is -2.15. The van der Waals surface area contributed by atoms with Gasteiger partial charge in [0.15, 0.2) is 0 Å². The summed E-state index contributed by atoms with van der Waals surface area (Å²) in [5.41, 5.74) is 0.0254. The molecule has 1 aromatic carbocycles. The van der Waals surface area contributed by atoms with Gasteiger partial charge in [0, 0.05) is 5.69 Å². The van der Waals surface area contributed by atoms with Gasteiger partial charge in [-0.1, -0.05) is 29.8 Å². The van der Waals surface area contributed by atoms with Gasteiger partial charge < -0.3 is 0 Å². The van der Waals surface area contributed by atoms with Crippen LogP contribution in [0.25, 0.3) is 0 Å². The second-order valence-corrected chi connectivity index (χ2v) is 5.33. The highest BCUT2D eigenvalue weighted by Crippen LogP contribution is 2.29. The maximum atomic E-state index is 12.1. The van der Waals surface area contributed by atoms with Crippen LogP contribution in [0.3, 0.4) is 0 Å². The van der Waals surface area contributed by atoms with Gasteiger partial charge >= 0.3 is 6.18 Å². The molecule has 0 fully saturated rings. The van der Waals surface area contributed by atoms with E-state index in [9.17, 15) is 21.6 Å². The van der Waals surface area contributed by atoms with E-state index in [1.54, 1.807) is 10.8 Å². The molecule has 90 valence electrons. The molecule has 0 aliphatic rings. The number of nitrogens with one attached hydrogen (secondary N) is 1. The second-order valence-electron chi connectivity index (χ2n) is 2.87. The molecule has 0 bridgehead atoms. The highest BCUT2D eigenvalue weighted by Gasteiger charge is 2.47. The van der Waals surface area contributed by atoms with E-state index in [1.165, 1.54) is 24.3 Å². The minimum atomic E-state index is -5.01. The number of benzene rings is 1. The molecule has 0 spiro atoms. The number of rotatable bonds is 3. The van der Waals surface area contributed by atoms with E-state index in [-0.39, 0.29) is 5.69 Å². The second kappa shape index (κ2) is 4.50. The molecule has 0 heterocycles. The van der Waals surface area contributed by atoms with E-state index < -0.39 is 20.9 Å². The lowest BCUT2D eigenvalue weighted by atomic mass is 10.3. The summed E-state index contributed by atoms with van der Waals surface area (Å²) < 4.78 is 57.4. The summed E-state index contributed by atoms with van der Waals surface area (Å²) in [7, 11) is -4.68. The number of hydrogen-bond acceptors (Lipinski definition) is 2. The van der Waals surface area contributed by atoms with Crippen molar-refractivity contribution in [3.8, 4) is 0 Å². The Labute approximate surface area is 95.3 Å². The normalized spacial score (nSPS) is 14.5. The first-order valence-electron chi connectivity index (χ1n) is 4.01. The molecule has 0 radical (unpaired) electrons. The summed E-state index contributed by atoms with van der Waals surface area (Å²) in [4.78, 5) is 0. The van der Waals surface area contributed by atoms with Gasteiger partial charge in [-0.2, -0.15) is 13.2 Å². The van der Waals surface area contributed by atoms with Gasteiger partial charge in [0.2, 0.25) is 4.71 Å². The molecule has 0 saturated heterocycles. The predicted octanol–water partition coefficient (Wildman–Crippen LogP) is 2.56. The van der Waals surface area contributed by atoms with Crippen LogP contribution >= 0.6 is 11.6 Å². The van der Waals surface area contributed by atoms with Crippen molar-refractivity contribution in [2.24, 2.45) is 0 Å². The third-order valence-electron chi connectivity index (χ3n) is 1.56. The van der Waals surface area contributed by atoms with Crippen molar-refractivity contribution in [2.75, 3.05) is 4.72 Å². The van der Waals surface area contributed by atoms with Crippen LogP contribution in [0.15, 0.2) is 30.3 Å². The zero-order valence-electron chi connectivity index (χ0n) is 7.70. The van der Waals surface area contributed by atoms with Gasteiger partial charge in [-0.15, -0.1) is 0 Å². The van der Waals surface area contributed by atoms with Crippen molar-refractivity contribution in [1.82, 2.24) is 0 Å². The van der Waals surface area contributed by atoms with Crippen LogP contribution in [-0.4, -0.2) is 19.3 Å². The number of anilines is 1. The summed E-state index contributed by atoms with van der Waals surface area (Å²) in [6.45, 7) is 0. The third-order valence-corrected chi connectivity index (χ3v) is 3.85. The van der Waals surface area contributed by atoms with Crippen LogP contribution in [0.4, 0.5) is 18.9 Å². The van der Waals surface area contributed by atoms with E-state index in [2.05, 4.69) is 0 Å². The van der Waals surface area contributed by atoms with E-state index in [0.717, 1.165) is 0 Å². The van der Waals surface area contributed by atoms with Crippen LogP contribution in [0.1, 0.15) is 0 Å². The Kier molecular flexibility index (Phi) is 3.69. The van der Waals surface area contributed by atoms with Crippen molar-refractivity contribution in [3.05, 3.63) is 30.3 Å². The molecule has 0 saturated carbocycles. The van der Waals surface area contributed by atoms with Crippen molar-refractivity contribution < 1.29 is 21.6 Å². The molecular weight excluding hydrogens is 267 g/mol. The number of sulfonamides is 1. The molecule has 1 unspecified atom stereocenters. The Morgan fingerprint density at radius 2 is 1.69 bits per heavy atom. The van der Waals surface area contributed by atoms with Crippen molar-refractivity contribution in [2.45, 2.75) is 10.9 Å². The molecule has 3 nitrogen and oxygen atoms in total. The van der Waals surface area contributed by atoms with Crippen molar-refractivity contribution in [3.63, 3.8) is 0 Å². The molecule has 1 aromatic rings. The zero-order chi connectivity index (χ0) is 12.4. The van der Waals surface area contributed by atoms with E-state index in [4.69, 9.17) is 11.6 Å². The third kappa shape index (κ3) is 3.28. The fourth-order valence-electron chi connectivity index (χ4n) is 0.898. The molecule has 0 amide bonds. The summed E-state index contributed by atoms with van der Waals surface area (Å²) in [6, 6.07) is 7.19. The zero-order valence-corrected chi connectivity index (χ0v) is 9.27. The lowest BCUT2D eigenvalue weighted by Crippen LogP contribution is -2.35. The smallest absolute Gasteiger partial charge is 0.282 e. The highest BCUT2D eigenvalue weighted by molar-refractivity contribution is 7.94. The van der Waals surface area contributed by atoms with Gasteiger partial charge in [0.1, 0.15) is 0 Å². The number of hydrogen-bond donors (Lipinski definition) is 1. The van der Waals surface area contributed by atoms with Crippen LogP contribution in [0, 0.1) is 0 Å². The van der Waals surface area contributed by atoms with Gasteiger partial charge in [-0.3, -0.25) is 4.72 Å². The molecular formula is C8H7ClF3NO2S. The molecule has 1 atom stereocenters. The maximum Gasteiger partial charge on any atom is 0.420 e. The fourth-order valence-corrected chi connectivity index (χ4v) is 1.95. The van der Waals surface area contributed by atoms with Gasteiger partial charge in [0.05, 0.1) is 0 Å². The summed E-state index contributed by atoms with van der Waals surface area (Å²) in [6.07, 6.45) is -5.01. The Morgan fingerprint density at radius 1 is 1.19 bits per heavy atom. The molecule has 16 heavy (non-hydrogen) atoms. The van der Waals surface area contributed by atoms with Gasteiger partial charge in [-0.05, 0) is 12.1 Å². The highest BCUT2D eigenvalue weighted by atomic mass is 35.5. The number of halogens is 4. The first-order chi connectivity index (χ1) is 7.23. The average molecular weight is 274 g/mol. The monoisotopic (exact) mass is 273 g/mol. The first kappa shape index (κ1) is 13.1. The van der Waals surface area contributed by atoms with Crippen LogP contribution in [0.5, 0.6) is 0 Å². The predicted molar refractivity (Wildman–Crippen MR) is 54.7 cm³/mol. The van der Waals surface area contributed by atoms with Crippen LogP contribution in [0.2, 0.25) is 0 Å². The van der Waals surface area contributed by atoms with E-state index in [1.807, 2.05) is 0 Å². The Balaban J connectivity index is 2.89. The topological polar surface area (TPSA) is 46.2 Å². The van der Waals surface area contributed by atoms with Crippen molar-refractivity contribution >= 4 is 27.3 Å². The minimum Gasteiger partial charge on any atom is -0.282 e. The summed E-state index contributed by atoms with van der Waals surface area (Å²) in [5, 5.41) is 0. The quantitative estimate of drug-likeness (QED) is 0.861. The summed E-state index contributed by atoms with van der Waals surface area (Å²) >= 11 is 4.82. The molecule has 1 rings (SSSR count). The SMILES string of the molecule is O=S(=O)(Nc1ccccc1)C(Cl)C(F)(F)F. The molecule has 0 aliphatic heterocycles. The van der Waals surface area contributed by atoms with Gasteiger partial charge in [0.25, 0.3) is 10.0 Å². The lowest BCUT2D eigenvalue weighted by molar-refractivity contribution is -0.115. The van der Waals surface area contributed by atoms with Crippen molar-refractivity contribution in [1.29, 1.82) is 0 Å². The standard InChI is InChI=1S/C8H7ClF3NO2S/c9-7(8(10,11)12)16(14,15)13-6-4-2-1-3-5-6/h1-5,7,13H. The molecule has 0 aromatic heterocycles. The van der Waals surface area contributed by atoms with Crippen LogP contribution < -0.4 is 4.72 Å². The Bertz CT molecular complexity index is 446.